The molecule has 0 aliphatic carbocycles. The molecular weight excluding hydrogens is 388 g/mol. The van der Waals surface area contributed by atoms with Crippen molar-refractivity contribution in [3.05, 3.63) is 83.0 Å². The van der Waals surface area contributed by atoms with E-state index >= 15 is 0 Å². The number of benzene rings is 2. The van der Waals surface area contributed by atoms with Crippen molar-refractivity contribution >= 4 is 11.6 Å². The Labute approximate surface area is 176 Å². The van der Waals surface area contributed by atoms with Crippen molar-refractivity contribution < 1.29 is 14.2 Å². The summed E-state index contributed by atoms with van der Waals surface area (Å²) in [5.74, 6) is 2.12. The predicted molar refractivity (Wildman–Crippen MR) is 115 cm³/mol. The molecule has 0 fully saturated rings. The Balaban J connectivity index is 1.49. The third-order valence-corrected chi connectivity index (χ3v) is 4.53. The van der Waals surface area contributed by atoms with Crippen LogP contribution in [-0.4, -0.2) is 25.2 Å². The zero-order valence-electron chi connectivity index (χ0n) is 16.4. The van der Waals surface area contributed by atoms with Crippen molar-refractivity contribution in [1.29, 1.82) is 0 Å². The topological polar surface area (TPSA) is 52.6 Å². The number of hydrogen-bond donors (Lipinski definition) is 1. The minimum Gasteiger partial charge on any atom is -0.493 e. The summed E-state index contributed by atoms with van der Waals surface area (Å²) in [6.07, 6.45) is 2.60. The van der Waals surface area contributed by atoms with Gasteiger partial charge in [0.1, 0.15) is 6.61 Å². The summed E-state index contributed by atoms with van der Waals surface area (Å²) in [6, 6.07) is 19.2. The third kappa shape index (κ3) is 6.66. The second kappa shape index (κ2) is 11.3. The molecule has 29 heavy (non-hydrogen) atoms. The summed E-state index contributed by atoms with van der Waals surface area (Å²) in [7, 11) is 1.65. The summed E-state index contributed by atoms with van der Waals surface area (Å²) < 4.78 is 17.2. The number of pyridine rings is 1. The molecule has 2 aromatic carbocycles. The van der Waals surface area contributed by atoms with Gasteiger partial charge in [-0.2, -0.15) is 0 Å². The number of hydrogen-bond acceptors (Lipinski definition) is 5. The van der Waals surface area contributed by atoms with Gasteiger partial charge in [-0.25, -0.2) is 4.98 Å². The molecule has 6 heteroatoms. The van der Waals surface area contributed by atoms with Gasteiger partial charge < -0.3 is 19.5 Å². The number of ether oxygens (including phenoxy) is 3. The Bertz CT molecular complexity index is 873. The van der Waals surface area contributed by atoms with Crippen molar-refractivity contribution in [2.24, 2.45) is 0 Å². The minimum absolute atomic E-state index is 0.447. The quantitative estimate of drug-likeness (QED) is 0.455. The lowest BCUT2D eigenvalue weighted by molar-refractivity contribution is 0.279. The Morgan fingerprint density at radius 1 is 0.966 bits per heavy atom. The molecule has 0 bridgehead atoms. The predicted octanol–water partition coefficient (Wildman–Crippen LogP) is 4.88. The number of aromatic nitrogens is 1. The van der Waals surface area contributed by atoms with Crippen LogP contribution in [0.2, 0.25) is 5.02 Å². The third-order valence-electron chi connectivity index (χ3n) is 4.28. The minimum atomic E-state index is 0.447. The maximum atomic E-state index is 6.08. The van der Waals surface area contributed by atoms with Crippen LogP contribution < -0.4 is 19.5 Å². The van der Waals surface area contributed by atoms with Crippen LogP contribution in [0, 0.1) is 0 Å². The van der Waals surface area contributed by atoms with E-state index in [9.17, 15) is 0 Å². The zero-order valence-corrected chi connectivity index (χ0v) is 17.2. The highest BCUT2D eigenvalue weighted by Gasteiger charge is 2.11. The number of halogens is 1. The summed E-state index contributed by atoms with van der Waals surface area (Å²) in [6.45, 7) is 2.56. The van der Waals surface area contributed by atoms with Crippen LogP contribution in [0.3, 0.4) is 0 Å². The lowest BCUT2D eigenvalue weighted by atomic mass is 10.1. The molecule has 1 heterocycles. The summed E-state index contributed by atoms with van der Waals surface area (Å²) >= 11 is 5.95. The second-order valence-electron chi connectivity index (χ2n) is 6.41. The van der Waals surface area contributed by atoms with Crippen LogP contribution in [0.5, 0.6) is 17.4 Å². The van der Waals surface area contributed by atoms with Crippen LogP contribution in [0.4, 0.5) is 0 Å². The van der Waals surface area contributed by atoms with Gasteiger partial charge in [-0.15, -0.1) is 0 Å². The van der Waals surface area contributed by atoms with E-state index in [4.69, 9.17) is 25.8 Å². The lowest BCUT2D eigenvalue weighted by Crippen LogP contribution is -2.18. The van der Waals surface area contributed by atoms with Gasteiger partial charge in [0.15, 0.2) is 11.5 Å². The van der Waals surface area contributed by atoms with Crippen LogP contribution in [0.1, 0.15) is 17.5 Å². The second-order valence-corrected chi connectivity index (χ2v) is 6.85. The van der Waals surface area contributed by atoms with Crippen molar-refractivity contribution in [2.45, 2.75) is 19.6 Å². The van der Waals surface area contributed by atoms with Crippen LogP contribution in [-0.2, 0) is 13.2 Å². The van der Waals surface area contributed by atoms with Gasteiger partial charge in [0.2, 0.25) is 5.88 Å². The molecule has 0 aliphatic rings. The highest BCUT2D eigenvalue weighted by molar-refractivity contribution is 6.30. The van der Waals surface area contributed by atoms with Crippen LogP contribution in [0.15, 0.2) is 66.9 Å². The summed E-state index contributed by atoms with van der Waals surface area (Å²) in [5.41, 5.74) is 2.09. The SMILES string of the molecule is COc1cccc(CNCCCOc2ccccn2)c1OCc1ccc(Cl)cc1. The molecule has 5 nitrogen and oxygen atoms in total. The average Bonchev–Trinajstić information content (AvgIpc) is 2.76. The molecule has 1 aromatic heterocycles. The molecule has 0 spiro atoms. The number of para-hydroxylation sites is 1. The van der Waals surface area contributed by atoms with Crippen molar-refractivity contribution in [1.82, 2.24) is 10.3 Å². The van der Waals surface area contributed by atoms with Gasteiger partial charge in [0.25, 0.3) is 0 Å². The van der Waals surface area contributed by atoms with Gasteiger partial charge in [-0.1, -0.05) is 41.9 Å². The molecule has 0 unspecified atom stereocenters. The molecule has 0 aliphatic heterocycles. The first-order chi connectivity index (χ1) is 14.3. The first kappa shape index (κ1) is 21.0. The Morgan fingerprint density at radius 3 is 2.59 bits per heavy atom. The van der Waals surface area contributed by atoms with Crippen molar-refractivity contribution in [2.75, 3.05) is 20.3 Å². The van der Waals surface area contributed by atoms with Crippen molar-refractivity contribution in [3.8, 4) is 17.4 Å². The summed E-state index contributed by atoms with van der Waals surface area (Å²) in [4.78, 5) is 4.14. The average molecular weight is 413 g/mol. The highest BCUT2D eigenvalue weighted by Crippen LogP contribution is 2.32. The van der Waals surface area contributed by atoms with E-state index in [1.165, 1.54) is 0 Å². The number of nitrogens with one attached hydrogen (secondary N) is 1. The van der Waals surface area contributed by atoms with Gasteiger partial charge in [-0.05, 0) is 42.8 Å². The van der Waals surface area contributed by atoms with E-state index in [0.717, 1.165) is 35.6 Å². The smallest absolute Gasteiger partial charge is 0.213 e. The molecule has 0 radical (unpaired) electrons. The molecule has 3 rings (SSSR count). The number of nitrogens with zero attached hydrogens (tertiary/aromatic N) is 1. The van der Waals surface area contributed by atoms with Gasteiger partial charge in [0, 0.05) is 29.4 Å². The number of methoxy groups -OCH3 is 1. The summed E-state index contributed by atoms with van der Waals surface area (Å²) in [5, 5.41) is 4.14. The first-order valence-corrected chi connectivity index (χ1v) is 9.91. The fourth-order valence-electron chi connectivity index (χ4n) is 2.79. The normalized spacial score (nSPS) is 10.6. The lowest BCUT2D eigenvalue weighted by Gasteiger charge is -2.16. The van der Waals surface area contributed by atoms with Crippen molar-refractivity contribution in [3.63, 3.8) is 0 Å². The molecular formula is C23H25ClN2O3. The van der Waals surface area contributed by atoms with Crippen LogP contribution >= 0.6 is 11.6 Å². The Kier molecular flexibility index (Phi) is 8.16. The van der Waals surface area contributed by atoms with E-state index in [2.05, 4.69) is 10.3 Å². The maximum Gasteiger partial charge on any atom is 0.213 e. The fourth-order valence-corrected chi connectivity index (χ4v) is 2.92. The van der Waals surface area contributed by atoms with E-state index in [0.29, 0.717) is 30.7 Å². The zero-order chi connectivity index (χ0) is 20.3. The molecule has 0 amide bonds. The van der Waals surface area contributed by atoms with E-state index < -0.39 is 0 Å². The largest absolute Gasteiger partial charge is 0.493 e. The van der Waals surface area contributed by atoms with E-state index in [1.807, 2.05) is 60.7 Å². The molecule has 0 saturated heterocycles. The molecule has 0 saturated carbocycles. The first-order valence-electron chi connectivity index (χ1n) is 9.54. The fraction of sp³-hybridized carbons (Fsp3) is 0.261. The van der Waals surface area contributed by atoms with Crippen LogP contribution in [0.25, 0.3) is 0 Å². The Hall–Kier alpha value is -2.76. The number of rotatable bonds is 11. The van der Waals surface area contributed by atoms with Gasteiger partial charge >= 0.3 is 0 Å². The molecule has 1 N–H and O–H groups in total. The highest BCUT2D eigenvalue weighted by atomic mass is 35.5. The Morgan fingerprint density at radius 2 is 1.83 bits per heavy atom. The monoisotopic (exact) mass is 412 g/mol. The van der Waals surface area contributed by atoms with Gasteiger partial charge in [0.05, 0.1) is 13.7 Å². The molecule has 3 aromatic rings. The standard InChI is InChI=1S/C23H25ClN2O3/c1-27-21-7-4-6-19(23(21)29-17-18-9-11-20(24)12-10-18)16-25-13-5-15-28-22-8-2-3-14-26-22/h2-4,6-12,14,25H,5,13,15-17H2,1H3. The molecule has 0 atom stereocenters. The van der Waals surface area contributed by atoms with Gasteiger partial charge in [-0.3, -0.25) is 0 Å². The van der Waals surface area contributed by atoms with E-state index in [1.54, 1.807) is 13.3 Å². The van der Waals surface area contributed by atoms with E-state index in [-0.39, 0.29) is 0 Å². The molecule has 152 valence electrons. The maximum absolute atomic E-state index is 6.08.